The third-order valence-corrected chi connectivity index (χ3v) is 5.30. The lowest BCUT2D eigenvalue weighted by molar-refractivity contribution is -0.00611. The number of benzene rings is 2. The van der Waals surface area contributed by atoms with Crippen molar-refractivity contribution in [3.63, 3.8) is 0 Å². The van der Waals surface area contributed by atoms with Gasteiger partial charge in [0.25, 0.3) is 5.91 Å². The highest BCUT2D eigenvalue weighted by Crippen LogP contribution is 2.22. The zero-order valence-corrected chi connectivity index (χ0v) is 14.8. The van der Waals surface area contributed by atoms with Crippen LogP contribution in [0, 0.1) is 0 Å². The number of likely N-dealkylation sites (tertiary alicyclic amines) is 1. The normalized spacial score (nSPS) is 24.0. The molecule has 2 atom stereocenters. The maximum absolute atomic E-state index is 12.8. The summed E-state index contributed by atoms with van der Waals surface area (Å²) in [7, 11) is 0. The number of rotatable bonds is 3. The first-order chi connectivity index (χ1) is 12.7. The lowest BCUT2D eigenvalue weighted by atomic mass is 10.0. The topological polar surface area (TPSA) is 53.0 Å². The molecule has 2 aromatic rings. The molecule has 2 aromatic carbocycles. The van der Waals surface area contributed by atoms with Crippen LogP contribution in [0.3, 0.4) is 0 Å². The van der Waals surface area contributed by atoms with E-state index in [1.54, 1.807) is 4.90 Å². The van der Waals surface area contributed by atoms with Crippen LogP contribution in [0.4, 0.5) is 0 Å². The molecule has 2 fully saturated rings. The van der Waals surface area contributed by atoms with Crippen molar-refractivity contribution >= 4 is 5.91 Å². The molecule has 0 saturated carbocycles. The second-order valence-electron chi connectivity index (χ2n) is 6.94. The molecule has 4 rings (SSSR count). The quantitative estimate of drug-likeness (QED) is 0.916. The molecule has 0 aliphatic carbocycles. The maximum atomic E-state index is 12.8. The summed E-state index contributed by atoms with van der Waals surface area (Å²) < 4.78 is 5.38. The van der Waals surface area contributed by atoms with Gasteiger partial charge >= 0.3 is 0 Å². The first-order valence-corrected chi connectivity index (χ1v) is 9.17. The van der Waals surface area contributed by atoms with Gasteiger partial charge in [-0.25, -0.2) is 0 Å². The number of aliphatic hydroxyl groups is 1. The van der Waals surface area contributed by atoms with Crippen molar-refractivity contribution in [2.24, 2.45) is 0 Å². The number of aliphatic hydroxyl groups excluding tert-OH is 1. The summed E-state index contributed by atoms with van der Waals surface area (Å²) in [5.74, 6) is -0.0144. The SMILES string of the molecule is O=C(c1ccc(-c2ccccc2)cc1)N1C[C@@H](O)[C@H](N2CCOCC2)C1. The fraction of sp³-hybridized carbons (Fsp3) is 0.381. The van der Waals surface area contributed by atoms with Gasteiger partial charge in [0.1, 0.15) is 0 Å². The number of ether oxygens (including phenoxy) is 1. The highest BCUT2D eigenvalue weighted by atomic mass is 16.5. The van der Waals surface area contributed by atoms with Crippen molar-refractivity contribution in [3.8, 4) is 11.1 Å². The summed E-state index contributed by atoms with van der Waals surface area (Å²) >= 11 is 0. The van der Waals surface area contributed by atoms with Gasteiger partial charge in [-0.15, -0.1) is 0 Å². The molecular weight excluding hydrogens is 328 g/mol. The number of carbonyl (C=O) groups is 1. The van der Waals surface area contributed by atoms with Crippen molar-refractivity contribution in [1.29, 1.82) is 0 Å². The van der Waals surface area contributed by atoms with Crippen LogP contribution >= 0.6 is 0 Å². The van der Waals surface area contributed by atoms with Gasteiger partial charge in [-0.2, -0.15) is 0 Å². The zero-order chi connectivity index (χ0) is 17.9. The molecule has 1 N–H and O–H groups in total. The van der Waals surface area contributed by atoms with E-state index in [0.29, 0.717) is 31.9 Å². The average molecular weight is 352 g/mol. The van der Waals surface area contributed by atoms with E-state index in [2.05, 4.69) is 17.0 Å². The third kappa shape index (κ3) is 3.51. The Morgan fingerprint density at radius 1 is 0.923 bits per heavy atom. The van der Waals surface area contributed by atoms with Crippen LogP contribution in [0.15, 0.2) is 54.6 Å². The molecule has 0 radical (unpaired) electrons. The van der Waals surface area contributed by atoms with Crippen LogP contribution < -0.4 is 0 Å². The van der Waals surface area contributed by atoms with Gasteiger partial charge in [0.15, 0.2) is 0 Å². The van der Waals surface area contributed by atoms with Gasteiger partial charge in [0.2, 0.25) is 0 Å². The van der Waals surface area contributed by atoms with Gasteiger partial charge < -0.3 is 14.7 Å². The lowest BCUT2D eigenvalue weighted by Crippen LogP contribution is -2.49. The second-order valence-corrected chi connectivity index (χ2v) is 6.94. The van der Waals surface area contributed by atoms with Crippen LogP contribution in [0.25, 0.3) is 11.1 Å². The fourth-order valence-electron chi connectivity index (χ4n) is 3.82. The van der Waals surface area contributed by atoms with Gasteiger partial charge in [-0.3, -0.25) is 9.69 Å². The van der Waals surface area contributed by atoms with Crippen molar-refractivity contribution in [1.82, 2.24) is 9.80 Å². The Morgan fingerprint density at radius 2 is 1.58 bits per heavy atom. The summed E-state index contributed by atoms with van der Waals surface area (Å²) in [6.45, 7) is 3.98. The maximum Gasteiger partial charge on any atom is 0.253 e. The van der Waals surface area contributed by atoms with Crippen LogP contribution in [0.2, 0.25) is 0 Å². The fourth-order valence-corrected chi connectivity index (χ4v) is 3.82. The minimum absolute atomic E-state index is 0.00596. The van der Waals surface area contributed by atoms with Crippen molar-refractivity contribution in [2.45, 2.75) is 12.1 Å². The predicted octanol–water partition coefficient (Wildman–Crippen LogP) is 1.87. The van der Waals surface area contributed by atoms with E-state index in [0.717, 1.165) is 24.2 Å². The minimum atomic E-state index is -0.499. The molecule has 0 bridgehead atoms. The second kappa shape index (κ2) is 7.58. The summed E-state index contributed by atoms with van der Waals surface area (Å²) in [5, 5.41) is 10.4. The number of hydrogen-bond donors (Lipinski definition) is 1. The van der Waals surface area contributed by atoms with Gasteiger partial charge in [-0.05, 0) is 23.3 Å². The molecule has 0 unspecified atom stereocenters. The largest absolute Gasteiger partial charge is 0.390 e. The molecule has 5 nitrogen and oxygen atoms in total. The molecule has 0 spiro atoms. The number of hydrogen-bond acceptors (Lipinski definition) is 4. The van der Waals surface area contributed by atoms with Crippen LogP contribution in [-0.2, 0) is 4.74 Å². The standard InChI is InChI=1S/C21H24N2O3/c24-20-15-23(14-19(20)22-10-12-26-13-11-22)21(25)18-8-6-17(7-9-18)16-4-2-1-3-5-16/h1-9,19-20,24H,10-15H2/t19-,20-/m1/s1. The molecule has 2 saturated heterocycles. The van der Waals surface area contributed by atoms with E-state index in [1.807, 2.05) is 42.5 Å². The Morgan fingerprint density at radius 3 is 2.27 bits per heavy atom. The Balaban J connectivity index is 1.44. The number of amides is 1. The molecule has 2 aliphatic heterocycles. The summed E-state index contributed by atoms with van der Waals surface area (Å²) in [5.41, 5.74) is 2.89. The first-order valence-electron chi connectivity index (χ1n) is 9.17. The Kier molecular flexibility index (Phi) is 5.02. The van der Waals surface area contributed by atoms with E-state index in [1.165, 1.54) is 0 Å². The minimum Gasteiger partial charge on any atom is -0.390 e. The van der Waals surface area contributed by atoms with Crippen molar-refractivity contribution in [3.05, 3.63) is 60.2 Å². The predicted molar refractivity (Wildman–Crippen MR) is 100.0 cm³/mol. The number of β-amino-alcohol motifs (C(OH)–C–C–N with tert-alkyl or cyclic N) is 1. The van der Waals surface area contributed by atoms with Crippen molar-refractivity contribution in [2.75, 3.05) is 39.4 Å². The highest BCUT2D eigenvalue weighted by molar-refractivity contribution is 5.95. The number of carbonyl (C=O) groups excluding carboxylic acids is 1. The highest BCUT2D eigenvalue weighted by Gasteiger charge is 2.38. The Labute approximate surface area is 153 Å². The smallest absolute Gasteiger partial charge is 0.253 e. The summed E-state index contributed by atoms with van der Waals surface area (Å²) in [4.78, 5) is 16.8. The first kappa shape index (κ1) is 17.2. The summed E-state index contributed by atoms with van der Waals surface area (Å²) in [6.07, 6.45) is -0.499. The van der Waals surface area contributed by atoms with Crippen LogP contribution in [0.1, 0.15) is 10.4 Å². The Bertz CT molecular complexity index is 742. The molecule has 0 aromatic heterocycles. The molecule has 26 heavy (non-hydrogen) atoms. The molecule has 5 heteroatoms. The Hall–Kier alpha value is -2.21. The van der Waals surface area contributed by atoms with E-state index >= 15 is 0 Å². The number of morpholine rings is 1. The summed E-state index contributed by atoms with van der Waals surface area (Å²) in [6, 6.07) is 17.8. The molecule has 2 heterocycles. The van der Waals surface area contributed by atoms with E-state index in [4.69, 9.17) is 4.74 Å². The van der Waals surface area contributed by atoms with Crippen molar-refractivity contribution < 1.29 is 14.6 Å². The lowest BCUT2D eigenvalue weighted by Gasteiger charge is -2.33. The van der Waals surface area contributed by atoms with E-state index in [-0.39, 0.29) is 11.9 Å². The average Bonchev–Trinajstić information content (AvgIpc) is 3.10. The number of nitrogens with zero attached hydrogens (tertiary/aromatic N) is 2. The van der Waals surface area contributed by atoms with Gasteiger partial charge in [-0.1, -0.05) is 42.5 Å². The molecule has 136 valence electrons. The van der Waals surface area contributed by atoms with E-state index in [9.17, 15) is 9.90 Å². The third-order valence-electron chi connectivity index (χ3n) is 5.30. The van der Waals surface area contributed by atoms with Gasteiger partial charge in [0, 0.05) is 31.7 Å². The van der Waals surface area contributed by atoms with E-state index < -0.39 is 6.10 Å². The molecule has 1 amide bonds. The molecule has 2 aliphatic rings. The van der Waals surface area contributed by atoms with Gasteiger partial charge in [0.05, 0.1) is 25.4 Å². The molecular formula is C21H24N2O3. The zero-order valence-electron chi connectivity index (χ0n) is 14.8. The van der Waals surface area contributed by atoms with Crippen LogP contribution in [0.5, 0.6) is 0 Å². The van der Waals surface area contributed by atoms with Crippen LogP contribution in [-0.4, -0.2) is 72.4 Å². The monoisotopic (exact) mass is 352 g/mol.